The van der Waals surface area contributed by atoms with Crippen LogP contribution in [-0.2, 0) is 17.8 Å². The lowest BCUT2D eigenvalue weighted by Gasteiger charge is -2.27. The van der Waals surface area contributed by atoms with Crippen molar-refractivity contribution in [3.63, 3.8) is 0 Å². The smallest absolute Gasteiger partial charge is 0.160 e. The van der Waals surface area contributed by atoms with Gasteiger partial charge < -0.3 is 4.74 Å². The molecule has 0 bridgehead atoms. The third-order valence-electron chi connectivity index (χ3n) is 5.54. The highest BCUT2D eigenvalue weighted by molar-refractivity contribution is 5.68. The van der Waals surface area contributed by atoms with Crippen LogP contribution in [0, 0.1) is 11.6 Å². The molecule has 1 aliphatic heterocycles. The first kappa shape index (κ1) is 19.5. The molecule has 1 unspecified atom stereocenters. The van der Waals surface area contributed by atoms with Crippen molar-refractivity contribution in [1.82, 2.24) is 9.97 Å². The highest BCUT2D eigenvalue weighted by atomic mass is 19.1. The quantitative estimate of drug-likeness (QED) is 0.414. The second kappa shape index (κ2) is 8.36. The normalized spacial score (nSPS) is 15.5. The maximum atomic E-state index is 13.5. The van der Waals surface area contributed by atoms with Crippen LogP contribution in [0.5, 0.6) is 0 Å². The average molecular weight is 414 g/mol. The Morgan fingerprint density at radius 2 is 1.45 bits per heavy atom. The number of hydrogen-bond acceptors (Lipinski definition) is 3. The summed E-state index contributed by atoms with van der Waals surface area (Å²) in [6.45, 7) is 0.926. The molecule has 154 valence electrons. The van der Waals surface area contributed by atoms with Crippen molar-refractivity contribution in [1.29, 1.82) is 0 Å². The van der Waals surface area contributed by atoms with Crippen molar-refractivity contribution in [2.24, 2.45) is 0 Å². The molecule has 0 aliphatic carbocycles. The molecule has 4 aromatic rings. The van der Waals surface area contributed by atoms with Gasteiger partial charge in [-0.1, -0.05) is 42.5 Å². The molecule has 0 N–H and O–H groups in total. The molecule has 0 radical (unpaired) electrons. The van der Waals surface area contributed by atoms with Crippen LogP contribution in [0.25, 0.3) is 22.6 Å². The minimum absolute atomic E-state index is 0.0128. The first-order valence-corrected chi connectivity index (χ1v) is 10.2. The van der Waals surface area contributed by atoms with Crippen molar-refractivity contribution in [3.8, 4) is 22.6 Å². The Morgan fingerprint density at radius 3 is 2.16 bits per heavy atom. The summed E-state index contributed by atoms with van der Waals surface area (Å²) in [4.78, 5) is 9.79. The number of aromatic nitrogens is 2. The summed E-state index contributed by atoms with van der Waals surface area (Å²) >= 11 is 0. The van der Waals surface area contributed by atoms with Crippen LogP contribution in [0.4, 0.5) is 8.78 Å². The Hall–Kier alpha value is -3.44. The molecule has 0 spiro atoms. The maximum Gasteiger partial charge on any atom is 0.160 e. The van der Waals surface area contributed by atoms with Crippen LogP contribution >= 0.6 is 0 Å². The lowest BCUT2D eigenvalue weighted by molar-refractivity contribution is 0.0891. The monoisotopic (exact) mass is 414 g/mol. The van der Waals surface area contributed by atoms with Crippen LogP contribution in [0.1, 0.15) is 22.7 Å². The highest BCUT2D eigenvalue weighted by Crippen LogP contribution is 2.35. The maximum absolute atomic E-state index is 13.5. The van der Waals surface area contributed by atoms with Gasteiger partial charge in [0.25, 0.3) is 0 Å². The summed E-state index contributed by atoms with van der Waals surface area (Å²) in [5.74, 6) is 0.0975. The number of benzene rings is 3. The van der Waals surface area contributed by atoms with Crippen LogP contribution < -0.4 is 0 Å². The molecule has 5 rings (SSSR count). The van der Waals surface area contributed by atoms with Gasteiger partial charge in [-0.3, -0.25) is 0 Å². The SMILES string of the molecule is Fc1ccc(CC2COCc3c(-c4ccc(F)cc4)nc(-c4ccccc4)nc32)cc1. The Bertz CT molecular complexity index is 1190. The van der Waals surface area contributed by atoms with E-state index in [1.54, 1.807) is 24.3 Å². The van der Waals surface area contributed by atoms with Gasteiger partial charge in [0.1, 0.15) is 11.6 Å². The number of ether oxygens (including phenoxy) is 1. The van der Waals surface area contributed by atoms with Crippen LogP contribution in [0.15, 0.2) is 78.9 Å². The fourth-order valence-electron chi connectivity index (χ4n) is 3.99. The minimum Gasteiger partial charge on any atom is -0.376 e. The summed E-state index contributed by atoms with van der Waals surface area (Å²) in [6.07, 6.45) is 0.682. The zero-order valence-corrected chi connectivity index (χ0v) is 16.8. The van der Waals surface area contributed by atoms with E-state index in [1.807, 2.05) is 30.3 Å². The molecule has 31 heavy (non-hydrogen) atoms. The van der Waals surface area contributed by atoms with E-state index < -0.39 is 0 Å². The van der Waals surface area contributed by atoms with Crippen molar-refractivity contribution in [2.75, 3.05) is 6.61 Å². The molecule has 5 heteroatoms. The predicted octanol–water partition coefficient (Wildman–Crippen LogP) is 5.95. The number of halogens is 2. The molecular formula is C26H20F2N2O. The topological polar surface area (TPSA) is 35.0 Å². The van der Waals surface area contributed by atoms with Gasteiger partial charge in [0.2, 0.25) is 0 Å². The van der Waals surface area contributed by atoms with Gasteiger partial charge in [-0.2, -0.15) is 0 Å². The van der Waals surface area contributed by atoms with Crippen molar-refractivity contribution in [2.45, 2.75) is 18.9 Å². The molecular weight excluding hydrogens is 394 g/mol. The van der Waals surface area contributed by atoms with Gasteiger partial charge in [0.15, 0.2) is 5.82 Å². The number of hydrogen-bond donors (Lipinski definition) is 0. The molecule has 3 nitrogen and oxygen atoms in total. The largest absolute Gasteiger partial charge is 0.376 e. The number of rotatable bonds is 4. The molecule has 0 amide bonds. The van der Waals surface area contributed by atoms with Crippen molar-refractivity contribution in [3.05, 3.63) is 107 Å². The van der Waals surface area contributed by atoms with Gasteiger partial charge >= 0.3 is 0 Å². The van der Waals surface area contributed by atoms with E-state index in [-0.39, 0.29) is 17.6 Å². The first-order chi connectivity index (χ1) is 15.2. The molecule has 1 aliphatic rings. The summed E-state index contributed by atoms with van der Waals surface area (Å²) in [7, 11) is 0. The Balaban J connectivity index is 1.64. The van der Waals surface area contributed by atoms with Gasteiger partial charge in [0.05, 0.1) is 24.6 Å². The molecule has 2 heterocycles. The summed E-state index contributed by atoms with van der Waals surface area (Å²) in [5.41, 5.74) is 5.37. The number of fused-ring (bicyclic) bond motifs is 1. The van der Waals surface area contributed by atoms with Gasteiger partial charge in [-0.15, -0.1) is 0 Å². The first-order valence-electron chi connectivity index (χ1n) is 10.2. The van der Waals surface area contributed by atoms with Crippen molar-refractivity contribution >= 4 is 0 Å². The van der Waals surface area contributed by atoms with Gasteiger partial charge in [-0.25, -0.2) is 18.7 Å². The Kier molecular flexibility index (Phi) is 5.26. The molecule has 0 saturated carbocycles. The molecule has 0 saturated heterocycles. The van der Waals surface area contributed by atoms with Crippen LogP contribution in [0.2, 0.25) is 0 Å². The molecule has 1 atom stereocenters. The van der Waals surface area contributed by atoms with E-state index in [4.69, 9.17) is 14.7 Å². The average Bonchev–Trinajstić information content (AvgIpc) is 2.81. The Labute approximate surface area is 179 Å². The van der Waals surface area contributed by atoms with E-state index in [0.29, 0.717) is 25.5 Å². The molecule has 3 aromatic carbocycles. The van der Waals surface area contributed by atoms with E-state index in [2.05, 4.69) is 0 Å². The third-order valence-corrected chi connectivity index (χ3v) is 5.54. The van der Waals surface area contributed by atoms with E-state index in [0.717, 1.165) is 33.6 Å². The Morgan fingerprint density at radius 1 is 0.774 bits per heavy atom. The van der Waals surface area contributed by atoms with E-state index in [9.17, 15) is 8.78 Å². The third kappa shape index (κ3) is 4.09. The lowest BCUT2D eigenvalue weighted by atomic mass is 9.90. The van der Waals surface area contributed by atoms with Gasteiger partial charge in [-0.05, 0) is 48.4 Å². The highest BCUT2D eigenvalue weighted by Gasteiger charge is 2.27. The zero-order chi connectivity index (χ0) is 21.2. The van der Waals surface area contributed by atoms with E-state index >= 15 is 0 Å². The molecule has 0 fully saturated rings. The fourth-order valence-corrected chi connectivity index (χ4v) is 3.99. The van der Waals surface area contributed by atoms with Crippen LogP contribution in [0.3, 0.4) is 0 Å². The molecule has 1 aromatic heterocycles. The number of nitrogens with zero attached hydrogens (tertiary/aromatic N) is 2. The second-order valence-corrected chi connectivity index (χ2v) is 7.68. The lowest BCUT2D eigenvalue weighted by Crippen LogP contribution is -2.22. The van der Waals surface area contributed by atoms with E-state index in [1.165, 1.54) is 24.3 Å². The summed E-state index contributed by atoms with van der Waals surface area (Å²) in [6, 6.07) is 22.7. The summed E-state index contributed by atoms with van der Waals surface area (Å²) in [5, 5.41) is 0. The predicted molar refractivity (Wildman–Crippen MR) is 115 cm³/mol. The summed E-state index contributed by atoms with van der Waals surface area (Å²) < 4.78 is 32.8. The van der Waals surface area contributed by atoms with Crippen LogP contribution in [-0.4, -0.2) is 16.6 Å². The standard InChI is InChI=1S/C26H20F2N2O/c27-21-10-6-17(7-11-21)14-20-15-31-16-23-24(18-8-12-22(28)13-9-18)29-26(30-25(20)23)19-4-2-1-3-5-19/h1-13,20H,14-16H2. The minimum atomic E-state index is -0.291. The second-order valence-electron chi connectivity index (χ2n) is 7.68. The van der Waals surface area contributed by atoms with Crippen molar-refractivity contribution < 1.29 is 13.5 Å². The fraction of sp³-hybridized carbons (Fsp3) is 0.154. The van der Waals surface area contributed by atoms with Gasteiger partial charge in [0, 0.05) is 22.6 Å². The zero-order valence-electron chi connectivity index (χ0n) is 16.8.